The molecule has 42 heavy (non-hydrogen) atoms. The van der Waals surface area contributed by atoms with Crippen LogP contribution in [0.1, 0.15) is 50.5 Å². The molecule has 4 atom stereocenters. The largest absolute Gasteiger partial charge is 0.552 e. The normalized spacial score (nSPS) is 18.8. The van der Waals surface area contributed by atoms with Crippen molar-refractivity contribution >= 4 is 36.8 Å². The lowest BCUT2D eigenvalue weighted by Gasteiger charge is -2.39. The number of pyridine rings is 1. The summed E-state index contributed by atoms with van der Waals surface area (Å²) in [5.74, 6) is -5.77. The molecule has 1 fully saturated rings. The lowest BCUT2D eigenvalue weighted by atomic mass is 9.70. The quantitative estimate of drug-likeness (QED) is 0.223. The van der Waals surface area contributed by atoms with Gasteiger partial charge in [0, 0.05) is 12.6 Å². The number of aromatic nitrogens is 1. The number of aliphatic carboxylic acids is 1. The molecule has 0 bridgehead atoms. The molecular weight excluding hydrogens is 547 g/mol. The van der Waals surface area contributed by atoms with Crippen LogP contribution >= 0.6 is 0 Å². The molecule has 0 spiro atoms. The molecule has 2 heterocycles. The number of hydrogen-bond acceptors (Lipinski definition) is 9. The first-order valence-corrected chi connectivity index (χ1v) is 13.5. The van der Waals surface area contributed by atoms with Gasteiger partial charge in [0.05, 0.1) is 30.6 Å². The Morgan fingerprint density at radius 2 is 1.74 bits per heavy atom. The standard InChI is InChI=1S/C28H35BN4O9/c1-16(2)13-21(29-41-23(37)15-28(42-29,14-22(35)36)27(40)30-4)32-26(39)24(17(3)34)33-25(38)20-12-8-11-19(31-20)18-9-6-5-7-10-18/h5-12,16-17,21,24,34H,13-15H2,1-4H3,(H,30,40)(H,32,39)(H,33,38)(H,35,36)/t17-,21+,24+,28+/m1/s1. The van der Waals surface area contributed by atoms with Gasteiger partial charge < -0.3 is 35.5 Å². The number of carboxylic acid groups (broad SMARTS) is 1. The number of benzene rings is 1. The van der Waals surface area contributed by atoms with E-state index in [4.69, 9.17) is 9.31 Å². The maximum Gasteiger partial charge on any atom is 0.552 e. The van der Waals surface area contributed by atoms with Crippen molar-refractivity contribution in [2.75, 3.05) is 7.05 Å². The Balaban J connectivity index is 1.83. The van der Waals surface area contributed by atoms with Crippen molar-refractivity contribution in [3.8, 4) is 11.3 Å². The second-order valence-corrected chi connectivity index (χ2v) is 10.5. The molecule has 1 aromatic heterocycles. The first-order valence-electron chi connectivity index (χ1n) is 13.5. The summed E-state index contributed by atoms with van der Waals surface area (Å²) in [6.07, 6.45) is -2.62. The summed E-state index contributed by atoms with van der Waals surface area (Å²) in [7, 11) is -0.249. The summed E-state index contributed by atoms with van der Waals surface area (Å²) in [6, 6.07) is 12.6. The van der Waals surface area contributed by atoms with E-state index in [1.807, 2.05) is 44.2 Å². The lowest BCUT2D eigenvalue weighted by Crippen LogP contribution is -2.64. The third-order valence-electron chi connectivity index (χ3n) is 6.58. The van der Waals surface area contributed by atoms with Gasteiger partial charge in [0.2, 0.25) is 5.91 Å². The van der Waals surface area contributed by atoms with Crippen molar-refractivity contribution in [3.63, 3.8) is 0 Å². The first-order chi connectivity index (χ1) is 19.8. The second kappa shape index (κ2) is 14.1. The zero-order valence-corrected chi connectivity index (χ0v) is 23.8. The maximum atomic E-state index is 13.4. The average Bonchev–Trinajstić information content (AvgIpc) is 2.94. The minimum atomic E-state index is -2.06. The van der Waals surface area contributed by atoms with E-state index in [1.54, 1.807) is 12.1 Å². The third-order valence-corrected chi connectivity index (χ3v) is 6.58. The maximum absolute atomic E-state index is 13.4. The number of nitrogens with zero attached hydrogens (tertiary/aromatic N) is 1. The van der Waals surface area contributed by atoms with E-state index in [-0.39, 0.29) is 18.0 Å². The molecule has 224 valence electrons. The minimum absolute atomic E-state index is 0.0158. The zero-order valence-electron chi connectivity index (χ0n) is 23.8. The fourth-order valence-corrected chi connectivity index (χ4v) is 4.62. The van der Waals surface area contributed by atoms with Gasteiger partial charge in [0.1, 0.15) is 11.7 Å². The van der Waals surface area contributed by atoms with Gasteiger partial charge in [-0.05, 0) is 31.4 Å². The number of carboxylic acids is 1. The van der Waals surface area contributed by atoms with Crippen molar-refractivity contribution in [1.82, 2.24) is 20.9 Å². The van der Waals surface area contributed by atoms with Crippen LogP contribution in [-0.4, -0.2) is 82.7 Å². The molecule has 14 heteroatoms. The number of hydrogen-bond donors (Lipinski definition) is 5. The van der Waals surface area contributed by atoms with Crippen LogP contribution in [0.25, 0.3) is 11.3 Å². The van der Waals surface area contributed by atoms with Gasteiger partial charge in [0.25, 0.3) is 17.8 Å². The lowest BCUT2D eigenvalue weighted by molar-refractivity contribution is -0.164. The molecule has 0 aliphatic carbocycles. The Labute approximate surface area is 243 Å². The Bertz CT molecular complexity index is 1300. The van der Waals surface area contributed by atoms with Gasteiger partial charge in [-0.3, -0.25) is 24.0 Å². The smallest absolute Gasteiger partial charge is 0.508 e. The predicted octanol–water partition coefficient (Wildman–Crippen LogP) is 0.709. The van der Waals surface area contributed by atoms with Crippen LogP contribution in [0.2, 0.25) is 0 Å². The van der Waals surface area contributed by atoms with Gasteiger partial charge >= 0.3 is 13.1 Å². The molecule has 0 radical (unpaired) electrons. The van der Waals surface area contributed by atoms with Crippen molar-refractivity contribution in [2.45, 2.75) is 63.7 Å². The molecule has 13 nitrogen and oxygen atoms in total. The molecule has 0 unspecified atom stereocenters. The van der Waals surface area contributed by atoms with Crippen LogP contribution in [0.4, 0.5) is 0 Å². The summed E-state index contributed by atoms with van der Waals surface area (Å²) in [5, 5.41) is 27.3. The zero-order chi connectivity index (χ0) is 31.0. The van der Waals surface area contributed by atoms with Crippen LogP contribution in [0.3, 0.4) is 0 Å². The first kappa shape index (κ1) is 32.2. The number of rotatable bonds is 12. The van der Waals surface area contributed by atoms with E-state index in [2.05, 4.69) is 20.9 Å². The molecule has 1 aliphatic rings. The van der Waals surface area contributed by atoms with E-state index in [0.717, 1.165) is 5.56 Å². The van der Waals surface area contributed by atoms with E-state index >= 15 is 0 Å². The number of nitrogens with one attached hydrogen (secondary N) is 3. The van der Waals surface area contributed by atoms with Crippen molar-refractivity contribution < 1.29 is 43.5 Å². The number of aliphatic hydroxyl groups is 1. The number of carbonyl (C=O) groups is 5. The van der Waals surface area contributed by atoms with Crippen molar-refractivity contribution in [2.24, 2.45) is 5.92 Å². The van der Waals surface area contributed by atoms with Crippen LogP contribution in [-0.2, 0) is 28.5 Å². The van der Waals surface area contributed by atoms with Crippen molar-refractivity contribution in [1.29, 1.82) is 0 Å². The minimum Gasteiger partial charge on any atom is -0.508 e. The average molecular weight is 582 g/mol. The Morgan fingerprint density at radius 3 is 2.33 bits per heavy atom. The highest BCUT2D eigenvalue weighted by molar-refractivity contribution is 6.50. The van der Waals surface area contributed by atoms with Gasteiger partial charge in [-0.2, -0.15) is 0 Å². The molecule has 3 amide bonds. The molecule has 1 aliphatic heterocycles. The molecular formula is C28H35BN4O9. The summed E-state index contributed by atoms with van der Waals surface area (Å²) in [4.78, 5) is 67.7. The molecule has 5 N–H and O–H groups in total. The predicted molar refractivity (Wildman–Crippen MR) is 151 cm³/mol. The van der Waals surface area contributed by atoms with E-state index in [1.165, 1.54) is 20.0 Å². The van der Waals surface area contributed by atoms with Gasteiger partial charge in [-0.1, -0.05) is 50.2 Å². The van der Waals surface area contributed by atoms with E-state index in [9.17, 15) is 34.2 Å². The number of aliphatic hydroxyl groups excluding tert-OH is 1. The summed E-state index contributed by atoms with van der Waals surface area (Å²) in [5.41, 5.74) is -0.725. The summed E-state index contributed by atoms with van der Waals surface area (Å²) < 4.78 is 11.1. The molecule has 2 aromatic rings. The van der Waals surface area contributed by atoms with Crippen LogP contribution in [0.5, 0.6) is 0 Å². The van der Waals surface area contributed by atoms with Gasteiger partial charge in [-0.15, -0.1) is 0 Å². The highest BCUT2D eigenvalue weighted by atomic mass is 16.6. The van der Waals surface area contributed by atoms with Gasteiger partial charge in [0.15, 0.2) is 5.60 Å². The SMILES string of the molecule is CNC(=O)[C@]1(CC(=O)O)CC(=O)OB([C@H](CC(C)C)NC(=O)[C@@H](NC(=O)c2cccc(-c3ccccc3)n2)[C@@H](C)O)O1. The topological polar surface area (TPSA) is 193 Å². The molecule has 1 saturated heterocycles. The summed E-state index contributed by atoms with van der Waals surface area (Å²) in [6.45, 7) is 4.97. The molecule has 3 rings (SSSR count). The second-order valence-electron chi connectivity index (χ2n) is 10.5. The summed E-state index contributed by atoms with van der Waals surface area (Å²) >= 11 is 0. The number of carbonyl (C=O) groups excluding carboxylic acids is 4. The third kappa shape index (κ3) is 8.14. The fourth-order valence-electron chi connectivity index (χ4n) is 4.62. The fraction of sp³-hybridized carbons (Fsp3) is 0.429. The molecule has 1 aromatic carbocycles. The van der Waals surface area contributed by atoms with E-state index < -0.39 is 73.3 Å². The van der Waals surface area contributed by atoms with Gasteiger partial charge in [-0.25, -0.2) is 4.98 Å². The van der Waals surface area contributed by atoms with Crippen LogP contribution in [0, 0.1) is 5.92 Å². The Morgan fingerprint density at radius 1 is 1.05 bits per heavy atom. The monoisotopic (exact) mass is 582 g/mol. The van der Waals surface area contributed by atoms with Crippen LogP contribution in [0.15, 0.2) is 48.5 Å². The van der Waals surface area contributed by atoms with Crippen molar-refractivity contribution in [3.05, 3.63) is 54.2 Å². The highest BCUT2D eigenvalue weighted by Crippen LogP contribution is 2.30. The number of amides is 3. The Hall–Kier alpha value is -4.30. The molecule has 0 saturated carbocycles. The number of likely N-dealkylation sites (N-methyl/N-ethyl adjacent to an activating group) is 1. The Kier molecular flexibility index (Phi) is 10.8. The highest BCUT2D eigenvalue weighted by Gasteiger charge is 2.54. The van der Waals surface area contributed by atoms with E-state index in [0.29, 0.717) is 5.69 Å². The van der Waals surface area contributed by atoms with Crippen LogP contribution < -0.4 is 16.0 Å².